The minimum Gasteiger partial charge on any atom is -0.464 e. The van der Waals surface area contributed by atoms with Crippen LogP contribution in [0.2, 0.25) is 0 Å². The molecule has 3 heteroatoms. The van der Waals surface area contributed by atoms with E-state index in [1.54, 1.807) is 0 Å². The number of hydrogen-bond acceptors (Lipinski definition) is 3. The molecule has 14 heavy (non-hydrogen) atoms. The third-order valence-electron chi connectivity index (χ3n) is 2.79. The van der Waals surface area contributed by atoms with E-state index in [4.69, 9.17) is 4.42 Å². The Morgan fingerprint density at radius 1 is 1.57 bits per heavy atom. The van der Waals surface area contributed by atoms with Crippen LogP contribution in [0.3, 0.4) is 0 Å². The zero-order valence-corrected chi connectivity index (χ0v) is 8.49. The third-order valence-corrected chi connectivity index (χ3v) is 2.79. The molecule has 0 spiro atoms. The highest BCUT2D eigenvalue weighted by atomic mass is 16.4. The fraction of sp³-hybridized carbons (Fsp3) is 0.636. The van der Waals surface area contributed by atoms with Crippen LogP contribution in [0.1, 0.15) is 36.9 Å². The van der Waals surface area contributed by atoms with Gasteiger partial charge < -0.3 is 14.8 Å². The Kier molecular flexibility index (Phi) is 2.89. The van der Waals surface area contributed by atoms with Crippen LogP contribution in [-0.2, 0) is 0 Å². The summed E-state index contributed by atoms with van der Waals surface area (Å²) >= 11 is 0. The summed E-state index contributed by atoms with van der Waals surface area (Å²) in [6.07, 6.45) is 3.28. The van der Waals surface area contributed by atoms with Crippen LogP contribution in [0.4, 0.5) is 0 Å². The molecule has 0 bridgehead atoms. The van der Waals surface area contributed by atoms with E-state index in [0.29, 0.717) is 18.3 Å². The molecule has 1 aliphatic carbocycles. The van der Waals surface area contributed by atoms with Crippen molar-refractivity contribution >= 4 is 0 Å². The Morgan fingerprint density at radius 3 is 2.86 bits per heavy atom. The molecule has 0 aliphatic heterocycles. The fourth-order valence-corrected chi connectivity index (χ4v) is 1.62. The van der Waals surface area contributed by atoms with E-state index >= 15 is 0 Å². The van der Waals surface area contributed by atoms with Gasteiger partial charge in [0.2, 0.25) is 0 Å². The molecule has 0 aromatic carbocycles. The van der Waals surface area contributed by atoms with Gasteiger partial charge in [-0.3, -0.25) is 0 Å². The molecule has 2 N–H and O–H groups in total. The van der Waals surface area contributed by atoms with Crippen molar-refractivity contribution in [3.05, 3.63) is 23.7 Å². The molecule has 1 unspecified atom stereocenters. The van der Waals surface area contributed by atoms with E-state index in [-0.39, 0.29) is 0 Å². The molecule has 1 fully saturated rings. The van der Waals surface area contributed by atoms with Gasteiger partial charge in [0.25, 0.3) is 0 Å². The summed E-state index contributed by atoms with van der Waals surface area (Å²) in [5.41, 5.74) is 0. The van der Waals surface area contributed by atoms with Crippen LogP contribution in [0, 0.1) is 6.92 Å². The van der Waals surface area contributed by atoms with Gasteiger partial charge in [-0.15, -0.1) is 0 Å². The third kappa shape index (κ3) is 2.16. The van der Waals surface area contributed by atoms with Crippen LogP contribution in [0.25, 0.3) is 0 Å². The van der Waals surface area contributed by atoms with E-state index in [9.17, 15) is 5.11 Å². The first-order chi connectivity index (χ1) is 6.75. The summed E-state index contributed by atoms with van der Waals surface area (Å²) < 4.78 is 5.34. The molecule has 2 rings (SSSR count). The van der Waals surface area contributed by atoms with Crippen molar-refractivity contribution in [1.29, 1.82) is 0 Å². The summed E-state index contributed by atoms with van der Waals surface area (Å²) in [5.74, 6) is 1.51. The van der Waals surface area contributed by atoms with Gasteiger partial charge in [-0.2, -0.15) is 0 Å². The quantitative estimate of drug-likeness (QED) is 0.769. The average molecular weight is 195 g/mol. The second-order valence-corrected chi connectivity index (χ2v) is 4.00. The molecule has 0 amide bonds. The molecule has 1 aromatic rings. The first kappa shape index (κ1) is 9.74. The minimum absolute atomic E-state index is 0.510. The lowest BCUT2D eigenvalue weighted by atomic mass is 9.93. The summed E-state index contributed by atoms with van der Waals surface area (Å²) in [4.78, 5) is 0. The Balaban J connectivity index is 1.79. The standard InChI is InChI=1S/C11H17NO2/c1-8-5-6-11(14-8)10(13)7-12-9-3-2-4-9/h5-6,9-10,12-13H,2-4,7H2,1H3. The summed E-state index contributed by atoms with van der Waals surface area (Å²) in [7, 11) is 0. The molecule has 3 nitrogen and oxygen atoms in total. The van der Waals surface area contributed by atoms with Crippen LogP contribution in [0.5, 0.6) is 0 Å². The van der Waals surface area contributed by atoms with Gasteiger partial charge in [0.15, 0.2) is 0 Å². The average Bonchev–Trinajstić information content (AvgIpc) is 2.49. The lowest BCUT2D eigenvalue weighted by molar-refractivity contribution is 0.136. The zero-order chi connectivity index (χ0) is 9.97. The van der Waals surface area contributed by atoms with Crippen LogP contribution < -0.4 is 5.32 Å². The van der Waals surface area contributed by atoms with E-state index in [1.165, 1.54) is 19.3 Å². The van der Waals surface area contributed by atoms with Crippen LogP contribution >= 0.6 is 0 Å². The second-order valence-electron chi connectivity index (χ2n) is 4.00. The second kappa shape index (κ2) is 4.15. The lowest BCUT2D eigenvalue weighted by Gasteiger charge is -2.27. The number of hydrogen-bond donors (Lipinski definition) is 2. The summed E-state index contributed by atoms with van der Waals surface area (Å²) in [5, 5.41) is 13.1. The highest BCUT2D eigenvalue weighted by Gasteiger charge is 2.19. The summed E-state index contributed by atoms with van der Waals surface area (Å²) in [6, 6.07) is 4.32. The number of aliphatic hydroxyl groups is 1. The van der Waals surface area contributed by atoms with E-state index in [1.807, 2.05) is 19.1 Å². The number of furan rings is 1. The van der Waals surface area contributed by atoms with E-state index < -0.39 is 6.10 Å². The molecule has 1 aromatic heterocycles. The molecule has 0 saturated heterocycles. The van der Waals surface area contributed by atoms with Gasteiger partial charge in [-0.05, 0) is 31.9 Å². The van der Waals surface area contributed by atoms with Gasteiger partial charge in [-0.25, -0.2) is 0 Å². The fourth-order valence-electron chi connectivity index (χ4n) is 1.62. The van der Waals surface area contributed by atoms with Crippen molar-refractivity contribution in [3.63, 3.8) is 0 Å². The molecule has 1 saturated carbocycles. The van der Waals surface area contributed by atoms with Crippen molar-refractivity contribution in [2.24, 2.45) is 0 Å². The maximum atomic E-state index is 9.75. The normalized spacial score (nSPS) is 19.3. The molecule has 78 valence electrons. The molecule has 1 aliphatic rings. The largest absolute Gasteiger partial charge is 0.464 e. The highest BCUT2D eigenvalue weighted by molar-refractivity contribution is 5.08. The van der Waals surface area contributed by atoms with Crippen molar-refractivity contribution in [2.45, 2.75) is 38.3 Å². The zero-order valence-electron chi connectivity index (χ0n) is 8.49. The van der Waals surface area contributed by atoms with Crippen LogP contribution in [0.15, 0.2) is 16.5 Å². The van der Waals surface area contributed by atoms with Crippen molar-refractivity contribution in [1.82, 2.24) is 5.32 Å². The van der Waals surface area contributed by atoms with Crippen LogP contribution in [-0.4, -0.2) is 17.7 Å². The van der Waals surface area contributed by atoms with Gasteiger partial charge in [-0.1, -0.05) is 6.42 Å². The molecular weight excluding hydrogens is 178 g/mol. The number of nitrogens with one attached hydrogen (secondary N) is 1. The van der Waals surface area contributed by atoms with Crippen molar-refractivity contribution < 1.29 is 9.52 Å². The van der Waals surface area contributed by atoms with Gasteiger partial charge in [0, 0.05) is 12.6 Å². The maximum Gasteiger partial charge on any atom is 0.133 e. The SMILES string of the molecule is Cc1ccc(C(O)CNC2CCC2)o1. The maximum absolute atomic E-state index is 9.75. The Hall–Kier alpha value is -0.800. The van der Waals surface area contributed by atoms with Gasteiger partial charge in [0.1, 0.15) is 17.6 Å². The molecule has 1 heterocycles. The van der Waals surface area contributed by atoms with E-state index in [2.05, 4.69) is 5.32 Å². The van der Waals surface area contributed by atoms with Crippen molar-refractivity contribution in [2.75, 3.05) is 6.54 Å². The van der Waals surface area contributed by atoms with Gasteiger partial charge in [0.05, 0.1) is 0 Å². The molecule has 0 radical (unpaired) electrons. The highest BCUT2D eigenvalue weighted by Crippen LogP contribution is 2.20. The predicted octanol–water partition coefficient (Wildman–Crippen LogP) is 1.76. The minimum atomic E-state index is -0.510. The lowest BCUT2D eigenvalue weighted by Crippen LogP contribution is -2.37. The smallest absolute Gasteiger partial charge is 0.133 e. The summed E-state index contributed by atoms with van der Waals surface area (Å²) in [6.45, 7) is 2.48. The Morgan fingerprint density at radius 2 is 2.36 bits per heavy atom. The number of aliphatic hydroxyl groups excluding tert-OH is 1. The number of rotatable bonds is 4. The Bertz CT molecular complexity index is 291. The first-order valence-electron chi connectivity index (χ1n) is 5.23. The molecular formula is C11H17NO2. The van der Waals surface area contributed by atoms with Gasteiger partial charge >= 0.3 is 0 Å². The predicted molar refractivity (Wildman–Crippen MR) is 54.0 cm³/mol. The monoisotopic (exact) mass is 195 g/mol. The topological polar surface area (TPSA) is 45.4 Å². The van der Waals surface area contributed by atoms with E-state index in [0.717, 1.165) is 5.76 Å². The number of aryl methyl sites for hydroxylation is 1. The van der Waals surface area contributed by atoms with Crippen molar-refractivity contribution in [3.8, 4) is 0 Å². The Labute approximate surface area is 84.1 Å². The first-order valence-corrected chi connectivity index (χ1v) is 5.23. The molecule has 1 atom stereocenters.